The first-order valence-electron chi connectivity index (χ1n) is 7.84. The van der Waals surface area contributed by atoms with Crippen LogP contribution in [-0.4, -0.2) is 11.7 Å². The summed E-state index contributed by atoms with van der Waals surface area (Å²) in [4.78, 5) is 27.3. The molecule has 0 bridgehead atoms. The van der Waals surface area contributed by atoms with E-state index in [9.17, 15) is 9.59 Å². The molecule has 24 heavy (non-hydrogen) atoms. The number of hydrogen-bond acceptors (Lipinski definition) is 2. The molecular weight excluding hydrogens is 366 g/mol. The van der Waals surface area contributed by atoms with E-state index in [2.05, 4.69) is 22.5 Å². The first-order valence-corrected chi connectivity index (χ1v) is 8.63. The van der Waals surface area contributed by atoms with Crippen LogP contribution >= 0.6 is 15.9 Å². The maximum atomic E-state index is 13.0. The Bertz CT molecular complexity index is 815. The maximum absolute atomic E-state index is 13.0. The van der Waals surface area contributed by atoms with Gasteiger partial charge in [0.1, 0.15) is 0 Å². The SMILES string of the molecule is C=CC[C@H]1C(=O)c2ccccc2N(C(C)=O)[C@@H]1c1cccc(Br)c1. The minimum atomic E-state index is -0.337. The zero-order chi connectivity index (χ0) is 17.3. The molecule has 1 aliphatic heterocycles. The van der Waals surface area contributed by atoms with Crippen molar-refractivity contribution in [1.29, 1.82) is 0 Å². The van der Waals surface area contributed by atoms with E-state index in [4.69, 9.17) is 0 Å². The molecule has 0 saturated carbocycles. The number of para-hydroxylation sites is 1. The number of Topliss-reactive ketones (excluding diaryl/α,β-unsaturated/α-hetero) is 1. The van der Waals surface area contributed by atoms with Gasteiger partial charge in [-0.05, 0) is 36.2 Å². The quantitative estimate of drug-likeness (QED) is 0.704. The predicted octanol–water partition coefficient (Wildman–Crippen LogP) is 4.93. The van der Waals surface area contributed by atoms with Crippen LogP contribution in [-0.2, 0) is 4.79 Å². The third kappa shape index (κ3) is 2.82. The summed E-state index contributed by atoms with van der Waals surface area (Å²) < 4.78 is 0.923. The van der Waals surface area contributed by atoms with E-state index < -0.39 is 0 Å². The van der Waals surface area contributed by atoms with E-state index in [0.717, 1.165) is 10.0 Å². The number of fused-ring (bicyclic) bond motifs is 1. The zero-order valence-corrected chi connectivity index (χ0v) is 15.0. The fourth-order valence-electron chi connectivity index (χ4n) is 3.42. The van der Waals surface area contributed by atoms with Crippen molar-refractivity contribution in [3.8, 4) is 0 Å². The number of carbonyl (C=O) groups excluding carboxylic acids is 2. The molecule has 122 valence electrons. The second-order valence-electron chi connectivity index (χ2n) is 5.90. The van der Waals surface area contributed by atoms with Gasteiger partial charge < -0.3 is 4.90 Å². The molecule has 1 heterocycles. The number of halogens is 1. The molecule has 0 N–H and O–H groups in total. The van der Waals surface area contributed by atoms with Gasteiger partial charge in [-0.25, -0.2) is 0 Å². The standard InChI is InChI=1S/C20H18BrNO2/c1-3-7-17-19(14-8-6-9-15(21)12-14)22(13(2)23)18-11-5-4-10-16(18)20(17)24/h3-6,8-12,17,19H,1,7H2,2H3/t17-,19-/m1/s1. The largest absolute Gasteiger partial charge is 0.304 e. The van der Waals surface area contributed by atoms with Gasteiger partial charge in [-0.15, -0.1) is 6.58 Å². The highest BCUT2D eigenvalue weighted by Gasteiger charge is 2.42. The van der Waals surface area contributed by atoms with Crippen molar-refractivity contribution in [3.05, 3.63) is 76.8 Å². The lowest BCUT2D eigenvalue weighted by Gasteiger charge is -2.41. The molecule has 1 amide bonds. The molecule has 0 unspecified atom stereocenters. The van der Waals surface area contributed by atoms with E-state index in [1.807, 2.05) is 42.5 Å². The summed E-state index contributed by atoms with van der Waals surface area (Å²) in [5.41, 5.74) is 2.22. The van der Waals surface area contributed by atoms with Crippen LogP contribution in [0.1, 0.15) is 35.3 Å². The molecule has 3 rings (SSSR count). The number of nitrogens with zero attached hydrogens (tertiary/aromatic N) is 1. The molecule has 2 aromatic carbocycles. The summed E-state index contributed by atoms with van der Waals surface area (Å²) in [5, 5.41) is 0. The fourth-order valence-corrected chi connectivity index (χ4v) is 3.83. The molecule has 4 heteroatoms. The number of carbonyl (C=O) groups is 2. The van der Waals surface area contributed by atoms with Crippen LogP contribution in [0.15, 0.2) is 65.7 Å². The van der Waals surface area contributed by atoms with Crippen LogP contribution in [0, 0.1) is 5.92 Å². The van der Waals surface area contributed by atoms with Crippen molar-refractivity contribution in [2.45, 2.75) is 19.4 Å². The van der Waals surface area contributed by atoms with Crippen LogP contribution in [0.5, 0.6) is 0 Å². The van der Waals surface area contributed by atoms with Crippen molar-refractivity contribution in [2.24, 2.45) is 5.92 Å². The minimum absolute atomic E-state index is 0.0629. The Morgan fingerprint density at radius 2 is 2.00 bits per heavy atom. The van der Waals surface area contributed by atoms with Gasteiger partial charge in [0.25, 0.3) is 0 Å². The van der Waals surface area contributed by atoms with Crippen LogP contribution in [0.4, 0.5) is 5.69 Å². The van der Waals surface area contributed by atoms with E-state index in [1.165, 1.54) is 0 Å². The number of allylic oxidation sites excluding steroid dienone is 1. The minimum Gasteiger partial charge on any atom is -0.304 e. The average molecular weight is 384 g/mol. The highest BCUT2D eigenvalue weighted by molar-refractivity contribution is 9.10. The van der Waals surface area contributed by atoms with Gasteiger partial charge in [-0.3, -0.25) is 9.59 Å². The number of benzene rings is 2. The van der Waals surface area contributed by atoms with Crippen LogP contribution in [0.3, 0.4) is 0 Å². The second kappa shape index (κ2) is 6.73. The number of amides is 1. The van der Waals surface area contributed by atoms with Crippen molar-refractivity contribution in [2.75, 3.05) is 4.90 Å². The number of rotatable bonds is 3. The molecule has 2 aromatic rings. The molecule has 1 aliphatic rings. The Morgan fingerprint density at radius 1 is 1.25 bits per heavy atom. The van der Waals surface area contributed by atoms with E-state index in [-0.39, 0.29) is 23.7 Å². The highest BCUT2D eigenvalue weighted by Crippen LogP contribution is 2.43. The monoisotopic (exact) mass is 383 g/mol. The van der Waals surface area contributed by atoms with Crippen molar-refractivity contribution in [3.63, 3.8) is 0 Å². The van der Waals surface area contributed by atoms with Crippen LogP contribution < -0.4 is 4.90 Å². The third-order valence-corrected chi connectivity index (χ3v) is 4.87. The first kappa shape index (κ1) is 16.7. The Kier molecular flexibility index (Phi) is 4.67. The lowest BCUT2D eigenvalue weighted by molar-refractivity contribution is -0.117. The van der Waals surface area contributed by atoms with E-state index in [1.54, 1.807) is 24.0 Å². The number of ketones is 1. The lowest BCUT2D eigenvalue weighted by Crippen LogP contribution is -2.44. The Labute approximate surface area is 150 Å². The summed E-state index contributed by atoms with van der Waals surface area (Å²) in [5.74, 6) is -0.349. The van der Waals surface area contributed by atoms with Gasteiger partial charge in [0.15, 0.2) is 5.78 Å². The molecule has 0 aliphatic carbocycles. The number of hydrogen-bond donors (Lipinski definition) is 0. The average Bonchev–Trinajstić information content (AvgIpc) is 2.57. The van der Waals surface area contributed by atoms with Crippen molar-refractivity contribution >= 4 is 33.3 Å². The molecule has 0 aromatic heterocycles. The topological polar surface area (TPSA) is 37.4 Å². The molecule has 0 saturated heterocycles. The summed E-state index contributed by atoms with van der Waals surface area (Å²) in [7, 11) is 0. The van der Waals surface area contributed by atoms with Crippen LogP contribution in [0.2, 0.25) is 0 Å². The van der Waals surface area contributed by atoms with E-state index >= 15 is 0 Å². The van der Waals surface area contributed by atoms with Gasteiger partial charge in [-0.2, -0.15) is 0 Å². The summed E-state index contributed by atoms with van der Waals surface area (Å²) in [6.45, 7) is 5.34. The van der Waals surface area contributed by atoms with Gasteiger partial charge in [0.05, 0.1) is 17.6 Å². The Hall–Kier alpha value is -2.20. The summed E-state index contributed by atoms with van der Waals surface area (Å²) >= 11 is 3.48. The van der Waals surface area contributed by atoms with Crippen molar-refractivity contribution < 1.29 is 9.59 Å². The summed E-state index contributed by atoms with van der Waals surface area (Å²) in [6, 6.07) is 14.8. The third-order valence-electron chi connectivity index (χ3n) is 4.38. The second-order valence-corrected chi connectivity index (χ2v) is 6.82. The van der Waals surface area contributed by atoms with Gasteiger partial charge in [0, 0.05) is 17.0 Å². The highest BCUT2D eigenvalue weighted by atomic mass is 79.9. The maximum Gasteiger partial charge on any atom is 0.224 e. The van der Waals surface area contributed by atoms with E-state index in [0.29, 0.717) is 17.7 Å². The lowest BCUT2D eigenvalue weighted by atomic mass is 9.79. The molecule has 3 nitrogen and oxygen atoms in total. The molecule has 0 fully saturated rings. The Balaban J connectivity index is 2.24. The van der Waals surface area contributed by atoms with Crippen LogP contribution in [0.25, 0.3) is 0 Å². The smallest absolute Gasteiger partial charge is 0.224 e. The Morgan fingerprint density at radius 3 is 2.67 bits per heavy atom. The first-order chi connectivity index (χ1) is 11.5. The molecule has 2 atom stereocenters. The molecule has 0 spiro atoms. The molecule has 0 radical (unpaired) electrons. The number of anilines is 1. The van der Waals surface area contributed by atoms with Gasteiger partial charge in [0.2, 0.25) is 5.91 Å². The predicted molar refractivity (Wildman–Crippen MR) is 99.1 cm³/mol. The molecular formula is C20H18BrNO2. The van der Waals surface area contributed by atoms with Crippen molar-refractivity contribution in [1.82, 2.24) is 0 Å². The fraction of sp³-hybridized carbons (Fsp3) is 0.200. The van der Waals surface area contributed by atoms with Gasteiger partial charge >= 0.3 is 0 Å². The zero-order valence-electron chi connectivity index (χ0n) is 13.4. The van der Waals surface area contributed by atoms with Gasteiger partial charge in [-0.1, -0.05) is 46.3 Å². The normalized spacial score (nSPS) is 19.8. The summed E-state index contributed by atoms with van der Waals surface area (Å²) in [6.07, 6.45) is 2.27.